The average Bonchev–Trinajstić information content (AvgIpc) is 3.17. The molecule has 336 valence electrons. The summed E-state index contributed by atoms with van der Waals surface area (Å²) in [4.78, 5) is 65.2. The number of piperazine rings is 1. The predicted octanol–water partition coefficient (Wildman–Crippen LogP) is 8.95. The lowest BCUT2D eigenvalue weighted by atomic mass is 9.65. The number of hydrogen-bond acceptors (Lipinski definition) is 13. The summed E-state index contributed by atoms with van der Waals surface area (Å²) in [5, 5.41) is 17.1. The molecule has 2 aromatic heterocycles. The maximum absolute atomic E-state index is 12.1. The van der Waals surface area contributed by atoms with Gasteiger partial charge in [-0.1, -0.05) is 34.1 Å². The number of pyridine rings is 2. The number of piperidine rings is 1. The molecular formula is C45H66BrN7O8. The van der Waals surface area contributed by atoms with Crippen LogP contribution >= 0.6 is 15.9 Å². The van der Waals surface area contributed by atoms with E-state index < -0.39 is 11.2 Å². The first kappa shape index (κ1) is 54.0. The maximum atomic E-state index is 12.1. The Bertz CT molecular complexity index is 1790. The number of methoxy groups -OCH3 is 1. The zero-order chi connectivity index (χ0) is 46.6. The highest BCUT2D eigenvalue weighted by atomic mass is 79.9. The van der Waals surface area contributed by atoms with Crippen molar-refractivity contribution in [2.45, 2.75) is 132 Å². The number of nitrogens with zero attached hydrogens (tertiary/aromatic N) is 7. The quantitative estimate of drug-likeness (QED) is 0.157. The van der Waals surface area contributed by atoms with Crippen LogP contribution in [0.15, 0.2) is 41.3 Å². The lowest BCUT2D eigenvalue weighted by molar-refractivity contribution is -0.191. The van der Waals surface area contributed by atoms with Gasteiger partial charge in [-0.2, -0.15) is 20.1 Å². The van der Waals surface area contributed by atoms with Crippen molar-refractivity contribution < 1.29 is 38.2 Å². The summed E-state index contributed by atoms with van der Waals surface area (Å²) in [6, 6.07) is 11.2. The van der Waals surface area contributed by atoms with Gasteiger partial charge in [0.05, 0.1) is 24.2 Å². The van der Waals surface area contributed by atoms with Crippen LogP contribution in [-0.2, 0) is 28.6 Å². The number of esters is 1. The second-order valence-electron chi connectivity index (χ2n) is 18.7. The largest absolute Gasteiger partial charge is 0.469 e. The monoisotopic (exact) mass is 911 g/mol. The Labute approximate surface area is 371 Å². The molecule has 0 N–H and O–H groups in total. The first-order chi connectivity index (χ1) is 28.3. The van der Waals surface area contributed by atoms with Gasteiger partial charge in [-0.3, -0.25) is 4.79 Å². The molecule has 2 aliphatic heterocycles. The van der Waals surface area contributed by atoms with E-state index in [1.54, 1.807) is 34.2 Å². The molecule has 16 heteroatoms. The van der Waals surface area contributed by atoms with E-state index >= 15 is 0 Å². The average molecular weight is 913 g/mol. The number of anilines is 1. The zero-order valence-corrected chi connectivity index (χ0v) is 39.8. The highest BCUT2D eigenvalue weighted by molar-refractivity contribution is 9.10. The fourth-order valence-electron chi connectivity index (χ4n) is 7.20. The topological polar surface area (TPSA) is 196 Å². The van der Waals surface area contributed by atoms with E-state index in [1.807, 2.05) is 53.7 Å². The second kappa shape index (κ2) is 25.0. The molecule has 2 unspecified atom stereocenters. The molecule has 0 spiro atoms. The zero-order valence-electron chi connectivity index (χ0n) is 38.2. The molecule has 2 saturated heterocycles. The van der Waals surface area contributed by atoms with Crippen molar-refractivity contribution in [2.24, 2.45) is 16.7 Å². The van der Waals surface area contributed by atoms with Crippen LogP contribution in [0.4, 0.5) is 15.4 Å². The van der Waals surface area contributed by atoms with E-state index in [9.17, 15) is 14.4 Å². The summed E-state index contributed by atoms with van der Waals surface area (Å²) in [6.45, 7) is 25.6. The van der Waals surface area contributed by atoms with Crippen molar-refractivity contribution in [1.29, 1.82) is 10.5 Å². The van der Waals surface area contributed by atoms with Crippen LogP contribution in [0.2, 0.25) is 0 Å². The van der Waals surface area contributed by atoms with Gasteiger partial charge < -0.3 is 28.9 Å². The fourth-order valence-corrected chi connectivity index (χ4v) is 7.44. The number of halogens is 1. The van der Waals surface area contributed by atoms with Crippen LogP contribution in [0.1, 0.15) is 126 Å². The minimum atomic E-state index is -0.505. The third-order valence-electron chi connectivity index (χ3n) is 9.58. The summed E-state index contributed by atoms with van der Waals surface area (Å²) in [5.74, 6) is 0.356. The minimum absolute atomic E-state index is 0.140. The Balaban J connectivity index is 0.000000421. The number of ether oxygens (including phenoxy) is 3. The number of aromatic nitrogens is 2. The summed E-state index contributed by atoms with van der Waals surface area (Å²) in [7, 11) is 1.37. The molecule has 1 saturated carbocycles. The molecule has 0 radical (unpaired) electrons. The fraction of sp³-hybridized carbons (Fsp3) is 0.644. The number of likely N-dealkylation sites (tertiary alicyclic amines) is 1. The van der Waals surface area contributed by atoms with Gasteiger partial charge in [0.15, 0.2) is 0 Å². The van der Waals surface area contributed by atoms with Gasteiger partial charge in [-0.25, -0.2) is 19.6 Å². The molecule has 2 aromatic rings. The van der Waals surface area contributed by atoms with Gasteiger partial charge in [0.25, 0.3) is 0 Å². The lowest BCUT2D eigenvalue weighted by Crippen LogP contribution is -2.54. The molecule has 0 aromatic carbocycles. The highest BCUT2D eigenvalue weighted by Crippen LogP contribution is 2.45. The smallest absolute Gasteiger partial charge is 0.410 e. The van der Waals surface area contributed by atoms with Crippen molar-refractivity contribution in [1.82, 2.24) is 19.8 Å². The molecule has 2 atom stereocenters. The second-order valence-corrected chi connectivity index (χ2v) is 19.5. The summed E-state index contributed by atoms with van der Waals surface area (Å²) < 4.78 is 16.1. The van der Waals surface area contributed by atoms with Gasteiger partial charge in [-0.05, 0) is 132 Å². The molecule has 3 fully saturated rings. The van der Waals surface area contributed by atoms with Crippen LogP contribution in [0.5, 0.6) is 0 Å². The first-order valence-electron chi connectivity index (χ1n) is 20.5. The maximum Gasteiger partial charge on any atom is 0.410 e. The van der Waals surface area contributed by atoms with E-state index in [0.29, 0.717) is 54.7 Å². The predicted molar refractivity (Wildman–Crippen MR) is 234 cm³/mol. The minimum Gasteiger partial charge on any atom is -0.469 e. The van der Waals surface area contributed by atoms with Crippen LogP contribution < -0.4 is 4.90 Å². The number of nitriles is 2. The van der Waals surface area contributed by atoms with Crippen molar-refractivity contribution in [3.8, 4) is 12.1 Å². The van der Waals surface area contributed by atoms with Crippen LogP contribution in [0, 0.1) is 39.4 Å². The number of amides is 2. The normalized spacial score (nSPS) is 18.9. The first-order valence-corrected chi connectivity index (χ1v) is 21.3. The molecular weight excluding hydrogens is 846 g/mol. The van der Waals surface area contributed by atoms with Crippen molar-refractivity contribution in [3.63, 3.8) is 0 Å². The molecule has 61 heavy (non-hydrogen) atoms. The lowest BCUT2D eigenvalue weighted by Gasteiger charge is -2.40. The van der Waals surface area contributed by atoms with Crippen molar-refractivity contribution in [3.05, 3.63) is 52.4 Å². The van der Waals surface area contributed by atoms with Gasteiger partial charge in [0.2, 0.25) is 0 Å². The van der Waals surface area contributed by atoms with Crippen LogP contribution in [0.25, 0.3) is 0 Å². The van der Waals surface area contributed by atoms with Crippen molar-refractivity contribution >= 4 is 46.1 Å². The molecule has 2 amide bonds. The Kier molecular flexibility index (Phi) is 22.1. The molecule has 0 bridgehead atoms. The third-order valence-corrected chi connectivity index (χ3v) is 10.0. The number of hydrogen-bond donors (Lipinski definition) is 0. The number of carbonyl (C=O) groups excluding carboxylic acids is 5. The number of carbonyl (C=O) groups is 3. The van der Waals surface area contributed by atoms with Gasteiger partial charge in [0.1, 0.15) is 33.8 Å². The van der Waals surface area contributed by atoms with Crippen LogP contribution in [-0.4, -0.2) is 101 Å². The Morgan fingerprint density at radius 3 is 1.64 bits per heavy atom. The SMILES string of the molecule is CC1(C)CCCC(C)(C)C1.CC1CN(C(=O)OC(C)(C)C)CCN1c1ccc(C#N)cn1.COC(=O)C1CCCN(C(=O)OC(C)(C)C)C1.N#Cc1ccc(Br)nc1.O=C=O. The molecule has 5 rings (SSSR count). The highest BCUT2D eigenvalue weighted by Gasteiger charge is 2.34. The van der Waals surface area contributed by atoms with Gasteiger partial charge >= 0.3 is 24.3 Å². The number of rotatable bonds is 2. The summed E-state index contributed by atoms with van der Waals surface area (Å²) >= 11 is 3.15. The van der Waals surface area contributed by atoms with Gasteiger partial charge in [0, 0.05) is 51.2 Å². The Morgan fingerprint density at radius 2 is 1.26 bits per heavy atom. The van der Waals surface area contributed by atoms with E-state index in [-0.39, 0.29) is 36.3 Å². The summed E-state index contributed by atoms with van der Waals surface area (Å²) in [5.41, 5.74) is 1.37. The summed E-state index contributed by atoms with van der Waals surface area (Å²) in [6.07, 6.45) is 9.97. The van der Waals surface area contributed by atoms with Crippen LogP contribution in [0.3, 0.4) is 0 Å². The molecule has 15 nitrogen and oxygen atoms in total. The molecule has 1 aliphatic carbocycles. The van der Waals surface area contributed by atoms with E-state index in [2.05, 4.69) is 71.5 Å². The Hall–Kier alpha value is -5.05. The van der Waals surface area contributed by atoms with E-state index in [1.165, 1.54) is 39.0 Å². The Morgan fingerprint density at radius 1 is 0.770 bits per heavy atom. The molecule has 3 aliphatic rings. The van der Waals surface area contributed by atoms with E-state index in [4.69, 9.17) is 34.3 Å². The standard InChI is InChI=1S/C16H22N4O2.C12H21NO4.C10H20.C6H3BrN2.CO2/c1-12-11-19(15(21)22-16(2,3)4)7-8-20(12)14-6-5-13(9-17)10-18-14;1-12(2,3)17-11(15)13-7-5-6-9(8-13)10(14)16-4;1-9(2)6-5-7-10(3,4)8-9;7-6-2-1-5(3-8)4-9-6;2-1-3/h5-6,10,12H,7-8,11H2,1-4H3;9H,5-8H2,1-4H3;5-8H2,1-4H3;1-2,4H;. The van der Waals surface area contributed by atoms with Gasteiger partial charge in [-0.15, -0.1) is 0 Å². The van der Waals surface area contributed by atoms with E-state index in [0.717, 1.165) is 23.3 Å². The van der Waals surface area contributed by atoms with Crippen molar-refractivity contribution in [2.75, 3.05) is 44.7 Å². The third kappa shape index (κ3) is 21.9. The molecule has 4 heterocycles.